The van der Waals surface area contributed by atoms with Gasteiger partial charge in [0.15, 0.2) is 0 Å². The van der Waals surface area contributed by atoms with E-state index in [1.165, 1.54) is 0 Å². The molecular weight excluding hydrogens is 250 g/mol. The molecule has 1 aliphatic rings. The van der Waals surface area contributed by atoms with Gasteiger partial charge in [-0.15, -0.1) is 0 Å². The Balaban J connectivity index is 2.04. The number of amides is 1. The summed E-state index contributed by atoms with van der Waals surface area (Å²) in [6.07, 6.45) is 2.42. The first-order valence-electron chi connectivity index (χ1n) is 6.13. The lowest BCUT2D eigenvalue weighted by Gasteiger charge is -2.26. The van der Waals surface area contributed by atoms with Crippen LogP contribution in [0.25, 0.3) is 0 Å². The molecule has 96 valence electrons. The number of carbonyl (C=O) groups is 2. The quantitative estimate of drug-likeness (QED) is 0.824. The van der Waals surface area contributed by atoms with Gasteiger partial charge in [0.05, 0.1) is 0 Å². The summed E-state index contributed by atoms with van der Waals surface area (Å²) in [7, 11) is 1.77. The van der Waals surface area contributed by atoms with Gasteiger partial charge in [0, 0.05) is 36.5 Å². The third kappa shape index (κ3) is 2.91. The number of carbonyl (C=O) groups excluding carboxylic acids is 2. The molecule has 0 aromatic heterocycles. The van der Waals surface area contributed by atoms with Crippen molar-refractivity contribution in [1.82, 2.24) is 0 Å². The third-order valence-corrected chi connectivity index (χ3v) is 3.69. The monoisotopic (exact) mass is 265 g/mol. The van der Waals surface area contributed by atoms with E-state index in [2.05, 4.69) is 0 Å². The highest BCUT2D eigenvalue weighted by Crippen LogP contribution is 2.26. The average molecular weight is 266 g/mol. The molecular formula is C14H16ClNO2. The molecule has 3 nitrogen and oxygen atoms in total. The lowest BCUT2D eigenvalue weighted by molar-refractivity contribution is -0.126. The Morgan fingerprint density at radius 1 is 1.22 bits per heavy atom. The molecule has 0 heterocycles. The number of hydrogen-bond donors (Lipinski definition) is 0. The van der Waals surface area contributed by atoms with Crippen molar-refractivity contribution in [3.05, 3.63) is 29.3 Å². The van der Waals surface area contributed by atoms with Crippen molar-refractivity contribution in [1.29, 1.82) is 0 Å². The van der Waals surface area contributed by atoms with E-state index in [1.807, 2.05) is 12.1 Å². The molecule has 18 heavy (non-hydrogen) atoms. The molecule has 4 heteroatoms. The molecule has 0 N–H and O–H groups in total. The van der Waals surface area contributed by atoms with Crippen LogP contribution in [0.5, 0.6) is 0 Å². The van der Waals surface area contributed by atoms with Gasteiger partial charge in [0.25, 0.3) is 0 Å². The zero-order valence-electron chi connectivity index (χ0n) is 10.4. The van der Waals surface area contributed by atoms with Crippen molar-refractivity contribution in [2.45, 2.75) is 25.7 Å². The van der Waals surface area contributed by atoms with Crippen LogP contribution in [0.3, 0.4) is 0 Å². The second-order valence-corrected chi connectivity index (χ2v) is 5.12. The number of ketones is 1. The van der Waals surface area contributed by atoms with E-state index in [4.69, 9.17) is 11.6 Å². The molecule has 1 fully saturated rings. The summed E-state index contributed by atoms with van der Waals surface area (Å²) in [5, 5.41) is 0.655. The first kappa shape index (κ1) is 13.1. The minimum atomic E-state index is -0.0246. The van der Waals surface area contributed by atoms with Crippen molar-refractivity contribution < 1.29 is 9.59 Å². The van der Waals surface area contributed by atoms with Crippen LogP contribution in [0.15, 0.2) is 24.3 Å². The van der Waals surface area contributed by atoms with Crippen molar-refractivity contribution in [2.24, 2.45) is 5.92 Å². The lowest BCUT2D eigenvalue weighted by Crippen LogP contribution is -2.35. The van der Waals surface area contributed by atoms with Gasteiger partial charge in [0.1, 0.15) is 5.78 Å². The summed E-state index contributed by atoms with van der Waals surface area (Å²) in [5.41, 5.74) is 0.835. The first-order chi connectivity index (χ1) is 8.58. The third-order valence-electron chi connectivity index (χ3n) is 3.44. The van der Waals surface area contributed by atoms with Gasteiger partial charge in [-0.1, -0.05) is 11.6 Å². The van der Waals surface area contributed by atoms with Crippen LogP contribution in [0, 0.1) is 5.92 Å². The Kier molecular flexibility index (Phi) is 4.02. The van der Waals surface area contributed by atoms with Crippen LogP contribution in [0.4, 0.5) is 5.69 Å². The van der Waals surface area contributed by atoms with Crippen LogP contribution in [-0.4, -0.2) is 18.7 Å². The summed E-state index contributed by atoms with van der Waals surface area (Å²) in [5.74, 6) is 0.335. The fraction of sp³-hybridized carbons (Fsp3) is 0.429. The predicted octanol–water partition coefficient (Wildman–Crippen LogP) is 3.06. The molecule has 0 spiro atoms. The number of benzene rings is 1. The topological polar surface area (TPSA) is 37.4 Å². The maximum Gasteiger partial charge on any atom is 0.229 e. The van der Waals surface area contributed by atoms with Crippen LogP contribution in [0.1, 0.15) is 25.7 Å². The van der Waals surface area contributed by atoms with Crippen LogP contribution >= 0.6 is 11.6 Å². The molecule has 0 radical (unpaired) electrons. The van der Waals surface area contributed by atoms with Gasteiger partial charge in [-0.3, -0.25) is 9.59 Å². The smallest absolute Gasteiger partial charge is 0.229 e. The maximum atomic E-state index is 12.3. The molecule has 1 aromatic rings. The summed E-state index contributed by atoms with van der Waals surface area (Å²) in [4.78, 5) is 25.1. The molecule has 1 amide bonds. The molecule has 1 saturated carbocycles. The number of rotatable bonds is 2. The molecule has 0 aliphatic heterocycles. The Hall–Kier alpha value is -1.35. The highest BCUT2D eigenvalue weighted by molar-refractivity contribution is 6.30. The minimum absolute atomic E-state index is 0.0246. The predicted molar refractivity (Wildman–Crippen MR) is 71.8 cm³/mol. The highest BCUT2D eigenvalue weighted by atomic mass is 35.5. The van der Waals surface area contributed by atoms with E-state index in [-0.39, 0.29) is 17.6 Å². The molecule has 0 unspecified atom stereocenters. The molecule has 1 aliphatic carbocycles. The fourth-order valence-electron chi connectivity index (χ4n) is 2.25. The zero-order valence-corrected chi connectivity index (χ0v) is 11.1. The average Bonchev–Trinajstić information content (AvgIpc) is 2.39. The number of halogens is 1. The van der Waals surface area contributed by atoms with Crippen LogP contribution in [0.2, 0.25) is 5.02 Å². The zero-order chi connectivity index (χ0) is 13.1. The van der Waals surface area contributed by atoms with Crippen molar-refractivity contribution in [3.8, 4) is 0 Å². The van der Waals surface area contributed by atoms with Gasteiger partial charge in [0.2, 0.25) is 5.91 Å². The first-order valence-corrected chi connectivity index (χ1v) is 6.50. The van der Waals surface area contributed by atoms with Gasteiger partial charge >= 0.3 is 0 Å². The summed E-state index contributed by atoms with van der Waals surface area (Å²) < 4.78 is 0. The molecule has 0 bridgehead atoms. The van der Waals surface area contributed by atoms with Crippen molar-refractivity contribution in [2.75, 3.05) is 11.9 Å². The number of hydrogen-bond acceptors (Lipinski definition) is 2. The second-order valence-electron chi connectivity index (χ2n) is 4.69. The van der Waals surface area contributed by atoms with Gasteiger partial charge < -0.3 is 4.90 Å². The number of anilines is 1. The summed E-state index contributed by atoms with van der Waals surface area (Å²) in [6.45, 7) is 0. The van der Waals surface area contributed by atoms with E-state index in [9.17, 15) is 9.59 Å². The Labute approximate surface area is 112 Å². The highest BCUT2D eigenvalue weighted by Gasteiger charge is 2.27. The van der Waals surface area contributed by atoms with Crippen molar-refractivity contribution >= 4 is 29.0 Å². The van der Waals surface area contributed by atoms with Crippen molar-refractivity contribution in [3.63, 3.8) is 0 Å². The number of Topliss-reactive ketones (excluding diaryl/α,β-unsaturated/α-hetero) is 1. The maximum absolute atomic E-state index is 12.3. The lowest BCUT2D eigenvalue weighted by atomic mass is 9.87. The Bertz CT molecular complexity index is 445. The van der Waals surface area contributed by atoms with Crippen LogP contribution in [-0.2, 0) is 9.59 Å². The van der Waals surface area contributed by atoms with E-state index in [0.29, 0.717) is 30.7 Å². The van der Waals surface area contributed by atoms with E-state index >= 15 is 0 Å². The summed E-state index contributed by atoms with van der Waals surface area (Å²) >= 11 is 5.82. The van der Waals surface area contributed by atoms with E-state index in [1.54, 1.807) is 24.1 Å². The van der Waals surface area contributed by atoms with E-state index in [0.717, 1.165) is 5.69 Å². The Morgan fingerprint density at radius 3 is 2.33 bits per heavy atom. The summed E-state index contributed by atoms with van der Waals surface area (Å²) in [6, 6.07) is 7.19. The molecule has 0 atom stereocenters. The van der Waals surface area contributed by atoms with Gasteiger partial charge in [-0.2, -0.15) is 0 Å². The Morgan fingerprint density at radius 2 is 1.78 bits per heavy atom. The largest absolute Gasteiger partial charge is 0.315 e. The second kappa shape index (κ2) is 5.53. The molecule has 1 aromatic carbocycles. The molecule has 0 saturated heterocycles. The van der Waals surface area contributed by atoms with E-state index < -0.39 is 0 Å². The number of nitrogens with zero attached hydrogens (tertiary/aromatic N) is 1. The SMILES string of the molecule is CN(C(=O)C1CCC(=O)CC1)c1ccc(Cl)cc1. The van der Waals surface area contributed by atoms with Gasteiger partial charge in [-0.05, 0) is 37.1 Å². The normalized spacial score (nSPS) is 16.7. The van der Waals surface area contributed by atoms with Crippen LogP contribution < -0.4 is 4.90 Å². The minimum Gasteiger partial charge on any atom is -0.315 e. The fourth-order valence-corrected chi connectivity index (χ4v) is 2.38. The molecule has 2 rings (SSSR count). The standard InChI is InChI=1S/C14H16ClNO2/c1-16(12-6-4-11(15)5-7-12)14(18)10-2-8-13(17)9-3-10/h4-7,10H,2-3,8-9H2,1H3. The van der Waals surface area contributed by atoms with Gasteiger partial charge in [-0.25, -0.2) is 0 Å².